The number of fused-ring (bicyclic) bond motifs is 1. The molecular formula is C17H22O2. The summed E-state index contributed by atoms with van der Waals surface area (Å²) in [7, 11) is 0. The predicted molar refractivity (Wildman–Crippen MR) is 79.4 cm³/mol. The normalized spacial score (nSPS) is 11.1. The Hall–Kier alpha value is -1.38. The molecule has 2 nitrogen and oxygen atoms in total. The van der Waals surface area contributed by atoms with E-state index in [-0.39, 0.29) is 13.2 Å². The van der Waals surface area contributed by atoms with Crippen LogP contribution in [0.3, 0.4) is 0 Å². The van der Waals surface area contributed by atoms with Crippen molar-refractivity contribution in [3.05, 3.63) is 47.5 Å². The molecule has 2 rings (SSSR count). The fourth-order valence-electron chi connectivity index (χ4n) is 2.56. The summed E-state index contributed by atoms with van der Waals surface area (Å²) in [4.78, 5) is 0. The van der Waals surface area contributed by atoms with Crippen molar-refractivity contribution in [2.45, 2.75) is 32.1 Å². The van der Waals surface area contributed by atoms with Gasteiger partial charge in [-0.15, -0.1) is 0 Å². The largest absolute Gasteiger partial charge is 0.396 e. The minimum absolute atomic E-state index is 0.243. The molecule has 0 aliphatic carbocycles. The van der Waals surface area contributed by atoms with Gasteiger partial charge in [0, 0.05) is 13.2 Å². The highest BCUT2D eigenvalue weighted by atomic mass is 16.3. The number of aliphatic hydroxyl groups is 2. The van der Waals surface area contributed by atoms with Gasteiger partial charge in [-0.05, 0) is 54.0 Å². The van der Waals surface area contributed by atoms with Gasteiger partial charge in [0.15, 0.2) is 0 Å². The van der Waals surface area contributed by atoms with Crippen LogP contribution >= 0.6 is 0 Å². The fourth-order valence-corrected chi connectivity index (χ4v) is 2.56. The SMILES string of the molecule is OCCCCc1ccc(CCCO)c2ccccc12. The second-order valence-corrected chi connectivity index (χ2v) is 4.94. The summed E-state index contributed by atoms with van der Waals surface area (Å²) < 4.78 is 0. The van der Waals surface area contributed by atoms with E-state index in [4.69, 9.17) is 10.2 Å². The first-order chi connectivity index (χ1) is 9.36. The van der Waals surface area contributed by atoms with Crippen LogP contribution in [0.25, 0.3) is 10.8 Å². The maximum absolute atomic E-state index is 8.97. The zero-order chi connectivity index (χ0) is 13.5. The van der Waals surface area contributed by atoms with Crippen molar-refractivity contribution >= 4 is 10.8 Å². The van der Waals surface area contributed by atoms with Crippen molar-refractivity contribution in [1.29, 1.82) is 0 Å². The topological polar surface area (TPSA) is 40.5 Å². The first-order valence-electron chi connectivity index (χ1n) is 7.08. The van der Waals surface area contributed by atoms with E-state index < -0.39 is 0 Å². The molecule has 0 saturated carbocycles. The fraction of sp³-hybridized carbons (Fsp3) is 0.412. The standard InChI is InChI=1S/C17H22O2/c18-12-4-3-6-14-10-11-15(7-5-13-19)17-9-2-1-8-16(14)17/h1-2,8-11,18-19H,3-7,12-13H2. The zero-order valence-electron chi connectivity index (χ0n) is 11.3. The number of benzene rings is 2. The molecule has 0 fully saturated rings. The van der Waals surface area contributed by atoms with E-state index in [9.17, 15) is 0 Å². The second-order valence-electron chi connectivity index (χ2n) is 4.94. The average Bonchev–Trinajstić information content (AvgIpc) is 2.46. The quantitative estimate of drug-likeness (QED) is 0.749. The molecule has 0 aliphatic rings. The third kappa shape index (κ3) is 3.55. The molecule has 2 aromatic carbocycles. The van der Waals surface area contributed by atoms with E-state index >= 15 is 0 Å². The van der Waals surface area contributed by atoms with Gasteiger partial charge in [-0.2, -0.15) is 0 Å². The van der Waals surface area contributed by atoms with Crippen molar-refractivity contribution in [2.75, 3.05) is 13.2 Å². The van der Waals surface area contributed by atoms with Crippen LogP contribution in [0.5, 0.6) is 0 Å². The van der Waals surface area contributed by atoms with Crippen molar-refractivity contribution in [3.8, 4) is 0 Å². The number of aryl methyl sites for hydroxylation is 2. The van der Waals surface area contributed by atoms with Crippen LogP contribution in [0.4, 0.5) is 0 Å². The van der Waals surface area contributed by atoms with Crippen LogP contribution in [0.2, 0.25) is 0 Å². The highest BCUT2D eigenvalue weighted by molar-refractivity contribution is 5.88. The molecule has 0 spiro atoms. The summed E-state index contributed by atoms with van der Waals surface area (Å²) in [6.07, 6.45) is 4.64. The molecule has 2 aromatic rings. The van der Waals surface area contributed by atoms with E-state index in [0.717, 1.165) is 32.1 Å². The molecule has 102 valence electrons. The highest BCUT2D eigenvalue weighted by Gasteiger charge is 2.05. The number of rotatable bonds is 7. The Morgan fingerprint density at radius 3 is 1.68 bits per heavy atom. The summed E-state index contributed by atoms with van der Waals surface area (Å²) >= 11 is 0. The first-order valence-corrected chi connectivity index (χ1v) is 7.08. The Balaban J connectivity index is 2.29. The van der Waals surface area contributed by atoms with Gasteiger partial charge in [-0.1, -0.05) is 36.4 Å². The zero-order valence-corrected chi connectivity index (χ0v) is 11.3. The summed E-state index contributed by atoms with van der Waals surface area (Å²) in [6.45, 7) is 0.513. The lowest BCUT2D eigenvalue weighted by molar-refractivity contribution is 0.284. The highest BCUT2D eigenvalue weighted by Crippen LogP contribution is 2.25. The van der Waals surface area contributed by atoms with Crippen LogP contribution in [-0.4, -0.2) is 23.4 Å². The van der Waals surface area contributed by atoms with E-state index in [1.165, 1.54) is 21.9 Å². The smallest absolute Gasteiger partial charge is 0.0434 e. The molecule has 0 atom stereocenters. The molecule has 0 aromatic heterocycles. The van der Waals surface area contributed by atoms with Crippen LogP contribution in [0, 0.1) is 0 Å². The second kappa shape index (κ2) is 7.27. The molecule has 0 radical (unpaired) electrons. The Labute approximate surface area is 114 Å². The molecule has 0 bridgehead atoms. The maximum atomic E-state index is 8.97. The molecule has 0 aliphatic heterocycles. The van der Waals surface area contributed by atoms with Gasteiger partial charge in [0.2, 0.25) is 0 Å². The molecule has 19 heavy (non-hydrogen) atoms. The van der Waals surface area contributed by atoms with Crippen molar-refractivity contribution < 1.29 is 10.2 Å². The summed E-state index contributed by atoms with van der Waals surface area (Å²) in [5, 5.41) is 20.5. The van der Waals surface area contributed by atoms with Crippen molar-refractivity contribution in [1.82, 2.24) is 0 Å². The van der Waals surface area contributed by atoms with E-state index in [0.29, 0.717) is 0 Å². The molecule has 0 unspecified atom stereocenters. The minimum Gasteiger partial charge on any atom is -0.396 e. The monoisotopic (exact) mass is 258 g/mol. The third-order valence-corrected chi connectivity index (χ3v) is 3.56. The van der Waals surface area contributed by atoms with Crippen molar-refractivity contribution in [3.63, 3.8) is 0 Å². The lowest BCUT2D eigenvalue weighted by Crippen LogP contribution is -1.95. The Kier molecular flexibility index (Phi) is 5.37. The first kappa shape index (κ1) is 14.0. The van der Waals surface area contributed by atoms with Gasteiger partial charge in [-0.25, -0.2) is 0 Å². The van der Waals surface area contributed by atoms with Gasteiger partial charge in [-0.3, -0.25) is 0 Å². The molecule has 0 heterocycles. The van der Waals surface area contributed by atoms with E-state index in [1.54, 1.807) is 0 Å². The van der Waals surface area contributed by atoms with Crippen LogP contribution in [0.15, 0.2) is 36.4 Å². The molecule has 0 saturated heterocycles. The van der Waals surface area contributed by atoms with Gasteiger partial charge in [0.1, 0.15) is 0 Å². The van der Waals surface area contributed by atoms with Gasteiger partial charge in [0.05, 0.1) is 0 Å². The molecule has 2 N–H and O–H groups in total. The number of unbranched alkanes of at least 4 members (excludes halogenated alkanes) is 1. The number of hydrogen-bond donors (Lipinski definition) is 2. The predicted octanol–water partition coefficient (Wildman–Crippen LogP) is 3.08. The summed E-state index contributed by atoms with van der Waals surface area (Å²) in [5.41, 5.74) is 2.67. The lowest BCUT2D eigenvalue weighted by Gasteiger charge is -2.11. The third-order valence-electron chi connectivity index (χ3n) is 3.56. The van der Waals surface area contributed by atoms with Crippen LogP contribution < -0.4 is 0 Å². The van der Waals surface area contributed by atoms with Gasteiger partial charge in [0.25, 0.3) is 0 Å². The van der Waals surface area contributed by atoms with Crippen LogP contribution in [0.1, 0.15) is 30.4 Å². The molecule has 2 heteroatoms. The lowest BCUT2D eigenvalue weighted by atomic mass is 9.94. The summed E-state index contributed by atoms with van der Waals surface area (Å²) in [5.74, 6) is 0. The Morgan fingerprint density at radius 2 is 1.16 bits per heavy atom. The van der Waals surface area contributed by atoms with Crippen molar-refractivity contribution in [2.24, 2.45) is 0 Å². The molecular weight excluding hydrogens is 236 g/mol. The van der Waals surface area contributed by atoms with Gasteiger partial charge >= 0.3 is 0 Å². The minimum atomic E-state index is 0.243. The van der Waals surface area contributed by atoms with Gasteiger partial charge < -0.3 is 10.2 Å². The Bertz CT molecular complexity index is 520. The summed E-state index contributed by atoms with van der Waals surface area (Å²) in [6, 6.07) is 12.9. The molecule has 0 amide bonds. The van der Waals surface area contributed by atoms with Crippen LogP contribution in [-0.2, 0) is 12.8 Å². The maximum Gasteiger partial charge on any atom is 0.0434 e. The Morgan fingerprint density at radius 1 is 0.632 bits per heavy atom. The average molecular weight is 258 g/mol. The number of hydrogen-bond acceptors (Lipinski definition) is 2. The van der Waals surface area contributed by atoms with E-state index in [2.05, 4.69) is 36.4 Å². The van der Waals surface area contributed by atoms with E-state index in [1.807, 2.05) is 0 Å². The number of aliphatic hydroxyl groups excluding tert-OH is 2.